The number of carbonyl (C=O) groups excluding carboxylic acids is 1. The molecular formula is C26H23NO3. The van der Waals surface area contributed by atoms with Gasteiger partial charge in [-0.3, -0.25) is 4.79 Å². The summed E-state index contributed by atoms with van der Waals surface area (Å²) in [5.74, 6) is 0.826. The molecule has 3 aromatic carbocycles. The Kier molecular flexibility index (Phi) is 6.67. The molecule has 150 valence electrons. The summed E-state index contributed by atoms with van der Waals surface area (Å²) in [7, 11) is 1.56. The van der Waals surface area contributed by atoms with Gasteiger partial charge in [-0.25, -0.2) is 0 Å². The van der Waals surface area contributed by atoms with Crippen LogP contribution in [0.2, 0.25) is 0 Å². The van der Waals surface area contributed by atoms with Crippen molar-refractivity contribution in [3.8, 4) is 17.6 Å². The highest BCUT2D eigenvalue weighted by atomic mass is 16.5. The summed E-state index contributed by atoms with van der Waals surface area (Å²) in [4.78, 5) is 12.7. The highest BCUT2D eigenvalue weighted by Crippen LogP contribution is 2.30. The Balaban J connectivity index is 1.81. The lowest BCUT2D eigenvalue weighted by atomic mass is 10.0. The fraction of sp³-hybridized carbons (Fsp3) is 0.154. The van der Waals surface area contributed by atoms with Crippen LogP contribution in [0.25, 0.3) is 6.08 Å². The van der Waals surface area contributed by atoms with E-state index < -0.39 is 0 Å². The molecule has 0 aliphatic rings. The number of Topliss-reactive ketones (excluding diaryl/α,β-unsaturated/α-hetero) is 1. The van der Waals surface area contributed by atoms with Crippen LogP contribution in [0.1, 0.15) is 32.6 Å². The summed E-state index contributed by atoms with van der Waals surface area (Å²) >= 11 is 0. The average molecular weight is 397 g/mol. The Morgan fingerprint density at radius 3 is 2.40 bits per heavy atom. The molecule has 3 rings (SSSR count). The quantitative estimate of drug-likeness (QED) is 0.292. The molecule has 0 saturated carbocycles. The Bertz CT molecular complexity index is 1120. The fourth-order valence-electron chi connectivity index (χ4n) is 3.03. The van der Waals surface area contributed by atoms with Crippen LogP contribution in [-0.4, -0.2) is 12.9 Å². The minimum atomic E-state index is -0.309. The molecule has 30 heavy (non-hydrogen) atoms. The highest BCUT2D eigenvalue weighted by molar-refractivity contribution is 6.14. The number of ether oxygens (including phenoxy) is 2. The molecule has 0 aliphatic carbocycles. The van der Waals surface area contributed by atoms with E-state index in [0.29, 0.717) is 29.2 Å². The van der Waals surface area contributed by atoms with Crippen molar-refractivity contribution in [2.24, 2.45) is 0 Å². The molecule has 0 bridgehead atoms. The lowest BCUT2D eigenvalue weighted by molar-refractivity contribution is 0.104. The predicted octanol–water partition coefficient (Wildman–Crippen LogP) is 5.68. The lowest BCUT2D eigenvalue weighted by Crippen LogP contribution is -2.02. The van der Waals surface area contributed by atoms with Gasteiger partial charge in [0.1, 0.15) is 18.2 Å². The maximum Gasteiger partial charge on any atom is 0.203 e. The third kappa shape index (κ3) is 5.15. The lowest BCUT2D eigenvalue weighted by Gasteiger charge is -2.12. The summed E-state index contributed by atoms with van der Waals surface area (Å²) < 4.78 is 11.4. The van der Waals surface area contributed by atoms with Gasteiger partial charge in [0.2, 0.25) is 5.78 Å². The van der Waals surface area contributed by atoms with Crippen molar-refractivity contribution in [1.82, 2.24) is 0 Å². The van der Waals surface area contributed by atoms with Crippen LogP contribution in [-0.2, 0) is 6.61 Å². The number of aryl methyl sites for hydroxylation is 2. The van der Waals surface area contributed by atoms with Gasteiger partial charge in [-0.1, -0.05) is 65.7 Å². The summed E-state index contributed by atoms with van der Waals surface area (Å²) in [6, 6.07) is 22.6. The molecule has 0 spiro atoms. The van der Waals surface area contributed by atoms with E-state index in [1.165, 1.54) is 5.56 Å². The SMILES string of the molecule is COc1cc(C=C(C#N)C(=O)c2ccc(C)cc2)ccc1OCc1cccc(C)c1. The van der Waals surface area contributed by atoms with Gasteiger partial charge in [0.25, 0.3) is 0 Å². The van der Waals surface area contributed by atoms with Crippen LogP contribution in [0.4, 0.5) is 0 Å². The second kappa shape index (κ2) is 9.58. The number of rotatable bonds is 7. The highest BCUT2D eigenvalue weighted by Gasteiger charge is 2.13. The van der Waals surface area contributed by atoms with Gasteiger partial charge in [0.15, 0.2) is 11.5 Å². The van der Waals surface area contributed by atoms with Gasteiger partial charge in [-0.05, 0) is 43.2 Å². The molecule has 0 atom stereocenters. The first-order valence-electron chi connectivity index (χ1n) is 9.59. The van der Waals surface area contributed by atoms with Gasteiger partial charge in [-0.2, -0.15) is 5.26 Å². The van der Waals surface area contributed by atoms with Crippen LogP contribution in [0.3, 0.4) is 0 Å². The number of hydrogen-bond acceptors (Lipinski definition) is 4. The molecule has 0 fully saturated rings. The van der Waals surface area contributed by atoms with Crippen molar-refractivity contribution < 1.29 is 14.3 Å². The second-order valence-electron chi connectivity index (χ2n) is 7.05. The van der Waals surface area contributed by atoms with Crippen molar-refractivity contribution in [3.63, 3.8) is 0 Å². The van der Waals surface area contributed by atoms with Gasteiger partial charge < -0.3 is 9.47 Å². The Morgan fingerprint density at radius 1 is 0.967 bits per heavy atom. The van der Waals surface area contributed by atoms with E-state index in [1.807, 2.05) is 50.2 Å². The van der Waals surface area contributed by atoms with Crippen LogP contribution < -0.4 is 9.47 Å². The first-order chi connectivity index (χ1) is 14.5. The third-order valence-corrected chi connectivity index (χ3v) is 4.65. The van der Waals surface area contributed by atoms with E-state index >= 15 is 0 Å². The number of allylic oxidation sites excluding steroid dienone is 1. The number of carbonyl (C=O) groups is 1. The molecule has 3 aromatic rings. The Hall–Kier alpha value is -3.84. The van der Waals surface area contributed by atoms with Crippen LogP contribution in [0, 0.1) is 25.2 Å². The number of methoxy groups -OCH3 is 1. The molecule has 0 aromatic heterocycles. The van der Waals surface area contributed by atoms with E-state index in [9.17, 15) is 10.1 Å². The van der Waals surface area contributed by atoms with Gasteiger partial charge in [0.05, 0.1) is 7.11 Å². The second-order valence-corrected chi connectivity index (χ2v) is 7.05. The molecule has 0 aliphatic heterocycles. The summed E-state index contributed by atoms with van der Waals surface area (Å²) in [6.07, 6.45) is 1.56. The predicted molar refractivity (Wildman–Crippen MR) is 118 cm³/mol. The molecule has 0 saturated heterocycles. The molecule has 0 heterocycles. The fourth-order valence-corrected chi connectivity index (χ4v) is 3.03. The van der Waals surface area contributed by atoms with Gasteiger partial charge in [0, 0.05) is 5.56 Å². The summed E-state index contributed by atoms with van der Waals surface area (Å²) in [5.41, 5.74) is 4.53. The van der Waals surface area contributed by atoms with E-state index in [1.54, 1.807) is 43.5 Å². The average Bonchev–Trinajstić information content (AvgIpc) is 2.76. The van der Waals surface area contributed by atoms with Crippen molar-refractivity contribution in [3.05, 3.63) is 100 Å². The van der Waals surface area contributed by atoms with E-state index in [0.717, 1.165) is 11.1 Å². The van der Waals surface area contributed by atoms with Crippen LogP contribution in [0.5, 0.6) is 11.5 Å². The van der Waals surface area contributed by atoms with Crippen molar-refractivity contribution >= 4 is 11.9 Å². The first kappa shape index (κ1) is 20.9. The van der Waals surface area contributed by atoms with Crippen LogP contribution in [0.15, 0.2) is 72.3 Å². The smallest absolute Gasteiger partial charge is 0.203 e. The minimum Gasteiger partial charge on any atom is -0.493 e. The number of nitrogens with zero attached hydrogens (tertiary/aromatic N) is 1. The van der Waals surface area contributed by atoms with E-state index in [-0.39, 0.29) is 11.4 Å². The third-order valence-electron chi connectivity index (χ3n) is 4.65. The zero-order valence-corrected chi connectivity index (χ0v) is 17.3. The first-order valence-corrected chi connectivity index (χ1v) is 9.59. The Labute approximate surface area is 177 Å². The van der Waals surface area contributed by atoms with Crippen LogP contribution >= 0.6 is 0 Å². The van der Waals surface area contributed by atoms with Crippen molar-refractivity contribution in [2.45, 2.75) is 20.5 Å². The van der Waals surface area contributed by atoms with Gasteiger partial charge >= 0.3 is 0 Å². The number of benzene rings is 3. The van der Waals surface area contributed by atoms with E-state index in [2.05, 4.69) is 6.07 Å². The molecule has 0 N–H and O–H groups in total. The number of ketones is 1. The largest absolute Gasteiger partial charge is 0.493 e. The minimum absolute atomic E-state index is 0.0642. The maximum absolute atomic E-state index is 12.7. The normalized spacial score (nSPS) is 10.9. The molecule has 0 radical (unpaired) electrons. The molecular weight excluding hydrogens is 374 g/mol. The number of hydrogen-bond donors (Lipinski definition) is 0. The molecule has 0 amide bonds. The zero-order chi connectivity index (χ0) is 21.5. The zero-order valence-electron chi connectivity index (χ0n) is 17.3. The standard InChI is InChI=1S/C26H23NO3/c1-18-7-10-22(11-8-18)26(28)23(16-27)14-20-9-12-24(25(15-20)29-3)30-17-21-6-4-5-19(2)13-21/h4-15H,17H2,1-3H3. The Morgan fingerprint density at radius 2 is 1.73 bits per heavy atom. The number of nitriles is 1. The monoisotopic (exact) mass is 397 g/mol. The maximum atomic E-state index is 12.7. The topological polar surface area (TPSA) is 59.3 Å². The van der Waals surface area contributed by atoms with E-state index in [4.69, 9.17) is 9.47 Å². The van der Waals surface area contributed by atoms with Gasteiger partial charge in [-0.15, -0.1) is 0 Å². The molecule has 4 nitrogen and oxygen atoms in total. The van der Waals surface area contributed by atoms with Crippen molar-refractivity contribution in [1.29, 1.82) is 5.26 Å². The summed E-state index contributed by atoms with van der Waals surface area (Å²) in [6.45, 7) is 4.41. The summed E-state index contributed by atoms with van der Waals surface area (Å²) in [5, 5.41) is 9.49. The van der Waals surface area contributed by atoms with Crippen molar-refractivity contribution in [2.75, 3.05) is 7.11 Å². The molecule has 0 unspecified atom stereocenters. The molecule has 4 heteroatoms.